The summed E-state index contributed by atoms with van der Waals surface area (Å²) >= 11 is 5.57. The fourth-order valence-electron chi connectivity index (χ4n) is 1.56. The van der Waals surface area contributed by atoms with E-state index in [0.717, 1.165) is 5.56 Å². The Hall–Kier alpha value is -1.35. The number of amides is 1. The van der Waals surface area contributed by atoms with Crippen LogP contribution in [0.5, 0.6) is 0 Å². The van der Waals surface area contributed by atoms with Gasteiger partial charge in [-0.05, 0) is 12.5 Å². The Morgan fingerprint density at radius 2 is 1.88 bits per heavy atom. The Bertz CT molecular complexity index is 391. The van der Waals surface area contributed by atoms with Crippen molar-refractivity contribution in [1.29, 1.82) is 0 Å². The molecule has 0 saturated carbocycles. The highest BCUT2D eigenvalue weighted by molar-refractivity contribution is 6.29. The number of benzene rings is 1. The standard InChI is InChI=1S/C12H14ClNO2/c1-9(15)14-12(2,11(16)8-13)10-6-4-3-5-7-10/h3-7H,8H2,1-2H3,(H,14,15). The van der Waals surface area contributed by atoms with Crippen LogP contribution in [0, 0.1) is 0 Å². The van der Waals surface area contributed by atoms with E-state index in [1.165, 1.54) is 6.92 Å². The number of halogens is 1. The Labute approximate surface area is 99.8 Å². The Morgan fingerprint density at radius 1 is 1.31 bits per heavy atom. The highest BCUT2D eigenvalue weighted by atomic mass is 35.5. The topological polar surface area (TPSA) is 46.2 Å². The minimum absolute atomic E-state index is 0.133. The van der Waals surface area contributed by atoms with E-state index in [0.29, 0.717) is 0 Å². The van der Waals surface area contributed by atoms with Crippen molar-refractivity contribution in [2.75, 3.05) is 5.88 Å². The molecule has 1 aromatic carbocycles. The summed E-state index contributed by atoms with van der Waals surface area (Å²) in [4.78, 5) is 23.0. The number of hydrogen-bond donors (Lipinski definition) is 1. The van der Waals surface area contributed by atoms with E-state index in [4.69, 9.17) is 11.6 Å². The van der Waals surface area contributed by atoms with Gasteiger partial charge in [0, 0.05) is 6.92 Å². The molecule has 0 bridgehead atoms. The molecule has 4 heteroatoms. The van der Waals surface area contributed by atoms with Gasteiger partial charge in [0.1, 0.15) is 5.54 Å². The van der Waals surface area contributed by atoms with Crippen LogP contribution in [0.15, 0.2) is 30.3 Å². The van der Waals surface area contributed by atoms with Crippen molar-refractivity contribution < 1.29 is 9.59 Å². The molecule has 1 unspecified atom stereocenters. The maximum absolute atomic E-state index is 11.8. The summed E-state index contributed by atoms with van der Waals surface area (Å²) in [6.45, 7) is 3.04. The Balaban J connectivity index is 3.14. The molecule has 1 N–H and O–H groups in total. The van der Waals surface area contributed by atoms with Crippen LogP contribution < -0.4 is 5.32 Å². The first kappa shape index (κ1) is 12.7. The highest BCUT2D eigenvalue weighted by Gasteiger charge is 2.34. The van der Waals surface area contributed by atoms with Gasteiger partial charge in [0.15, 0.2) is 5.78 Å². The quantitative estimate of drug-likeness (QED) is 0.815. The maximum Gasteiger partial charge on any atom is 0.217 e. The molecule has 0 aromatic heterocycles. The Morgan fingerprint density at radius 3 is 2.31 bits per heavy atom. The normalized spacial score (nSPS) is 13.9. The molecule has 0 spiro atoms. The molecule has 1 atom stereocenters. The number of Topliss-reactive ketones (excluding diaryl/α,β-unsaturated/α-hetero) is 1. The maximum atomic E-state index is 11.8. The molecule has 0 aliphatic heterocycles. The third-order valence-electron chi connectivity index (χ3n) is 2.46. The number of ketones is 1. The summed E-state index contributed by atoms with van der Waals surface area (Å²) in [5, 5.41) is 2.65. The lowest BCUT2D eigenvalue weighted by atomic mass is 9.88. The largest absolute Gasteiger partial charge is 0.340 e. The van der Waals surface area contributed by atoms with E-state index in [1.807, 2.05) is 18.2 Å². The van der Waals surface area contributed by atoms with E-state index in [9.17, 15) is 9.59 Å². The van der Waals surface area contributed by atoms with Crippen LogP contribution in [-0.2, 0) is 15.1 Å². The number of carbonyl (C=O) groups excluding carboxylic acids is 2. The van der Waals surface area contributed by atoms with Gasteiger partial charge in [-0.1, -0.05) is 30.3 Å². The molecular formula is C12H14ClNO2. The van der Waals surface area contributed by atoms with Crippen LogP contribution in [0.1, 0.15) is 19.4 Å². The van der Waals surface area contributed by atoms with Crippen LogP contribution in [-0.4, -0.2) is 17.6 Å². The molecule has 0 aliphatic rings. The first-order chi connectivity index (χ1) is 7.50. The molecule has 16 heavy (non-hydrogen) atoms. The molecule has 86 valence electrons. The van der Waals surface area contributed by atoms with Crippen molar-refractivity contribution in [3.05, 3.63) is 35.9 Å². The molecule has 0 radical (unpaired) electrons. The highest BCUT2D eigenvalue weighted by Crippen LogP contribution is 2.22. The summed E-state index contributed by atoms with van der Waals surface area (Å²) in [5.41, 5.74) is -0.315. The van der Waals surface area contributed by atoms with Crippen molar-refractivity contribution in [1.82, 2.24) is 5.32 Å². The second-order valence-electron chi connectivity index (χ2n) is 3.73. The molecule has 0 aliphatic carbocycles. The number of alkyl halides is 1. The van der Waals surface area contributed by atoms with Gasteiger partial charge in [-0.15, -0.1) is 11.6 Å². The predicted molar refractivity (Wildman–Crippen MR) is 63.3 cm³/mol. The van der Waals surface area contributed by atoms with Crippen molar-refractivity contribution >= 4 is 23.3 Å². The third-order valence-corrected chi connectivity index (χ3v) is 2.70. The zero-order chi connectivity index (χ0) is 12.2. The second-order valence-corrected chi connectivity index (χ2v) is 4.00. The summed E-state index contributed by atoms with van der Waals surface area (Å²) in [7, 11) is 0. The summed E-state index contributed by atoms with van der Waals surface area (Å²) in [5.74, 6) is -0.619. The van der Waals surface area contributed by atoms with Gasteiger partial charge in [-0.3, -0.25) is 9.59 Å². The number of rotatable bonds is 4. The SMILES string of the molecule is CC(=O)NC(C)(C(=O)CCl)c1ccccc1. The fraction of sp³-hybridized carbons (Fsp3) is 0.333. The lowest BCUT2D eigenvalue weighted by Gasteiger charge is -2.28. The summed E-state index contributed by atoms with van der Waals surface area (Å²) < 4.78 is 0. The van der Waals surface area contributed by atoms with Crippen molar-refractivity contribution in [2.24, 2.45) is 0 Å². The lowest BCUT2D eigenvalue weighted by molar-refractivity contribution is -0.129. The summed E-state index contributed by atoms with van der Waals surface area (Å²) in [6, 6.07) is 9.07. The van der Waals surface area contributed by atoms with Gasteiger partial charge in [0.25, 0.3) is 0 Å². The lowest BCUT2D eigenvalue weighted by Crippen LogP contribution is -2.49. The first-order valence-corrected chi connectivity index (χ1v) is 5.47. The monoisotopic (exact) mass is 239 g/mol. The minimum atomic E-state index is -1.05. The zero-order valence-corrected chi connectivity index (χ0v) is 10.0. The molecule has 1 amide bonds. The van der Waals surface area contributed by atoms with Crippen molar-refractivity contribution in [3.63, 3.8) is 0 Å². The molecular weight excluding hydrogens is 226 g/mol. The number of carbonyl (C=O) groups is 2. The van der Waals surface area contributed by atoms with E-state index >= 15 is 0 Å². The van der Waals surface area contributed by atoms with Gasteiger partial charge >= 0.3 is 0 Å². The molecule has 0 fully saturated rings. The van der Waals surface area contributed by atoms with E-state index < -0.39 is 5.54 Å². The molecule has 1 rings (SSSR count). The van der Waals surface area contributed by atoms with E-state index in [-0.39, 0.29) is 17.6 Å². The van der Waals surface area contributed by atoms with Crippen LogP contribution in [0.4, 0.5) is 0 Å². The van der Waals surface area contributed by atoms with E-state index in [2.05, 4.69) is 5.32 Å². The molecule has 0 heterocycles. The molecule has 1 aromatic rings. The van der Waals surface area contributed by atoms with Gasteiger partial charge in [-0.2, -0.15) is 0 Å². The minimum Gasteiger partial charge on any atom is -0.340 e. The average Bonchev–Trinajstić information content (AvgIpc) is 2.28. The van der Waals surface area contributed by atoms with Crippen molar-refractivity contribution in [3.8, 4) is 0 Å². The smallest absolute Gasteiger partial charge is 0.217 e. The van der Waals surface area contributed by atoms with Crippen LogP contribution in [0.3, 0.4) is 0 Å². The van der Waals surface area contributed by atoms with Crippen LogP contribution in [0.2, 0.25) is 0 Å². The Kier molecular flexibility index (Phi) is 4.07. The van der Waals surface area contributed by atoms with Crippen LogP contribution >= 0.6 is 11.6 Å². The fourth-order valence-corrected chi connectivity index (χ4v) is 1.83. The van der Waals surface area contributed by atoms with Gasteiger partial charge < -0.3 is 5.32 Å². The third kappa shape index (κ3) is 2.61. The number of hydrogen-bond acceptors (Lipinski definition) is 2. The average molecular weight is 240 g/mol. The predicted octanol–water partition coefficient (Wildman–Crippen LogP) is 1.85. The van der Waals surface area contributed by atoms with Crippen molar-refractivity contribution in [2.45, 2.75) is 19.4 Å². The van der Waals surface area contributed by atoms with Gasteiger partial charge in [-0.25, -0.2) is 0 Å². The van der Waals surface area contributed by atoms with E-state index in [1.54, 1.807) is 19.1 Å². The first-order valence-electron chi connectivity index (χ1n) is 4.94. The van der Waals surface area contributed by atoms with Crippen LogP contribution in [0.25, 0.3) is 0 Å². The van der Waals surface area contributed by atoms with Gasteiger partial charge in [0.05, 0.1) is 5.88 Å². The number of nitrogens with one attached hydrogen (secondary N) is 1. The molecule has 0 saturated heterocycles. The zero-order valence-electron chi connectivity index (χ0n) is 9.29. The van der Waals surface area contributed by atoms with Gasteiger partial charge in [0.2, 0.25) is 5.91 Å². The second kappa shape index (κ2) is 5.12. The summed E-state index contributed by atoms with van der Waals surface area (Å²) in [6.07, 6.45) is 0. The molecule has 3 nitrogen and oxygen atoms in total.